The number of fused-ring (bicyclic) bond motifs is 1. The molecule has 6 heteroatoms. The average molecular weight is 307 g/mol. The number of benzene rings is 2. The SMILES string of the molecule is Brc1ccc(Sc2nn[nH]n2)c2ccccc12. The molecule has 0 saturated heterocycles. The number of hydrogen-bond donors (Lipinski definition) is 1. The molecule has 2 aromatic carbocycles. The van der Waals surface area contributed by atoms with Crippen LogP contribution in [0.1, 0.15) is 0 Å². The number of nitrogens with zero attached hydrogens (tertiary/aromatic N) is 3. The van der Waals surface area contributed by atoms with Crippen LogP contribution < -0.4 is 0 Å². The first-order valence-electron chi connectivity index (χ1n) is 4.93. The Morgan fingerprint density at radius 2 is 1.88 bits per heavy atom. The molecule has 1 N–H and O–H groups in total. The molecule has 17 heavy (non-hydrogen) atoms. The third kappa shape index (κ3) is 2.05. The Morgan fingerprint density at radius 1 is 1.06 bits per heavy atom. The van der Waals surface area contributed by atoms with Crippen LogP contribution in [0.3, 0.4) is 0 Å². The summed E-state index contributed by atoms with van der Waals surface area (Å²) in [5.74, 6) is 0. The monoisotopic (exact) mass is 306 g/mol. The smallest absolute Gasteiger partial charge is 0.176 e. The predicted molar refractivity (Wildman–Crippen MR) is 69.9 cm³/mol. The van der Waals surface area contributed by atoms with Gasteiger partial charge < -0.3 is 0 Å². The molecule has 1 heterocycles. The molecule has 0 bridgehead atoms. The number of halogens is 1. The Balaban J connectivity index is 2.14. The van der Waals surface area contributed by atoms with Crippen molar-refractivity contribution in [2.75, 3.05) is 0 Å². The standard InChI is InChI=1S/C11H7BrN4S/c12-9-5-6-10(17-11-13-15-16-14-11)8-4-2-1-3-7(8)9/h1-6H,(H,13,14,15,16). The van der Waals surface area contributed by atoms with E-state index in [1.807, 2.05) is 24.3 Å². The maximum Gasteiger partial charge on any atom is 0.235 e. The first-order chi connectivity index (χ1) is 8.34. The van der Waals surface area contributed by atoms with Crippen LogP contribution in [0.5, 0.6) is 0 Å². The molecule has 3 aromatic rings. The molecule has 0 unspecified atom stereocenters. The zero-order valence-corrected chi connectivity index (χ0v) is 11.0. The van der Waals surface area contributed by atoms with Crippen molar-refractivity contribution in [2.24, 2.45) is 0 Å². The highest BCUT2D eigenvalue weighted by Crippen LogP contribution is 2.34. The van der Waals surface area contributed by atoms with Crippen molar-refractivity contribution in [1.82, 2.24) is 20.6 Å². The number of H-pyrrole nitrogens is 1. The number of rotatable bonds is 2. The van der Waals surface area contributed by atoms with Crippen molar-refractivity contribution in [2.45, 2.75) is 10.1 Å². The number of aromatic amines is 1. The van der Waals surface area contributed by atoms with Gasteiger partial charge >= 0.3 is 0 Å². The second kappa shape index (κ2) is 4.46. The van der Waals surface area contributed by atoms with Crippen LogP contribution in [-0.2, 0) is 0 Å². The van der Waals surface area contributed by atoms with Crippen molar-refractivity contribution >= 4 is 38.5 Å². The maximum absolute atomic E-state index is 3.94. The molecule has 0 aliphatic carbocycles. The van der Waals surface area contributed by atoms with Crippen LogP contribution in [0.4, 0.5) is 0 Å². The summed E-state index contributed by atoms with van der Waals surface area (Å²) in [7, 11) is 0. The topological polar surface area (TPSA) is 54.5 Å². The fourth-order valence-corrected chi connectivity index (χ4v) is 2.88. The lowest BCUT2D eigenvalue weighted by Crippen LogP contribution is -1.81. The molecule has 84 valence electrons. The van der Waals surface area contributed by atoms with E-state index >= 15 is 0 Å². The molecular weight excluding hydrogens is 300 g/mol. The molecule has 0 radical (unpaired) electrons. The van der Waals surface area contributed by atoms with E-state index in [1.54, 1.807) is 0 Å². The van der Waals surface area contributed by atoms with E-state index in [0.29, 0.717) is 5.16 Å². The van der Waals surface area contributed by atoms with Gasteiger partial charge in [0.25, 0.3) is 0 Å². The minimum atomic E-state index is 0.623. The number of aromatic nitrogens is 4. The molecule has 3 rings (SSSR count). The number of tetrazole rings is 1. The van der Waals surface area contributed by atoms with Crippen molar-refractivity contribution in [3.8, 4) is 0 Å². The molecule has 0 aliphatic heterocycles. The van der Waals surface area contributed by atoms with Crippen LogP contribution in [-0.4, -0.2) is 20.6 Å². The fourth-order valence-electron chi connectivity index (χ4n) is 1.62. The van der Waals surface area contributed by atoms with Crippen molar-refractivity contribution in [1.29, 1.82) is 0 Å². The van der Waals surface area contributed by atoms with Crippen LogP contribution in [0.2, 0.25) is 0 Å². The zero-order valence-electron chi connectivity index (χ0n) is 8.59. The lowest BCUT2D eigenvalue weighted by molar-refractivity contribution is 0.881. The maximum atomic E-state index is 3.94. The summed E-state index contributed by atoms with van der Waals surface area (Å²) < 4.78 is 1.09. The van der Waals surface area contributed by atoms with Crippen molar-refractivity contribution in [3.05, 3.63) is 40.9 Å². The molecule has 0 amide bonds. The van der Waals surface area contributed by atoms with E-state index in [2.05, 4.69) is 48.7 Å². The average Bonchev–Trinajstić information content (AvgIpc) is 2.86. The highest BCUT2D eigenvalue weighted by atomic mass is 79.9. The Kier molecular flexibility index (Phi) is 2.82. The molecule has 1 aromatic heterocycles. The summed E-state index contributed by atoms with van der Waals surface area (Å²) in [6.07, 6.45) is 0. The third-order valence-corrected chi connectivity index (χ3v) is 3.98. The van der Waals surface area contributed by atoms with Gasteiger partial charge in [-0.2, -0.15) is 5.21 Å². The van der Waals surface area contributed by atoms with Gasteiger partial charge in [0, 0.05) is 9.37 Å². The highest BCUT2D eigenvalue weighted by Gasteiger charge is 2.07. The van der Waals surface area contributed by atoms with E-state index < -0.39 is 0 Å². The highest BCUT2D eigenvalue weighted by molar-refractivity contribution is 9.10. The molecule has 0 saturated carbocycles. The molecule has 4 nitrogen and oxygen atoms in total. The van der Waals surface area contributed by atoms with Gasteiger partial charge in [-0.3, -0.25) is 0 Å². The van der Waals surface area contributed by atoms with Gasteiger partial charge in [0.15, 0.2) is 0 Å². The lowest BCUT2D eigenvalue weighted by Gasteiger charge is -2.05. The largest absolute Gasteiger partial charge is 0.235 e. The van der Waals surface area contributed by atoms with Crippen molar-refractivity contribution in [3.63, 3.8) is 0 Å². The van der Waals surface area contributed by atoms with Crippen LogP contribution >= 0.6 is 27.7 Å². The number of hydrogen-bond acceptors (Lipinski definition) is 4. The van der Waals surface area contributed by atoms with Crippen LogP contribution in [0, 0.1) is 0 Å². The summed E-state index contributed by atoms with van der Waals surface area (Å²) in [6, 6.07) is 12.3. The normalized spacial score (nSPS) is 10.9. The van der Waals surface area contributed by atoms with E-state index in [-0.39, 0.29) is 0 Å². The van der Waals surface area contributed by atoms with Gasteiger partial charge in [0.2, 0.25) is 5.16 Å². The Labute approximate surface area is 110 Å². The Hall–Kier alpha value is -1.40. The molecule has 0 aliphatic rings. The first kappa shape index (κ1) is 10.7. The summed E-state index contributed by atoms with van der Waals surface area (Å²) in [5, 5.41) is 16.9. The Bertz CT molecular complexity index is 654. The number of nitrogens with one attached hydrogen (secondary N) is 1. The minimum absolute atomic E-state index is 0.623. The summed E-state index contributed by atoms with van der Waals surface area (Å²) in [5.41, 5.74) is 0. The van der Waals surface area contributed by atoms with Gasteiger partial charge in [-0.25, -0.2) is 0 Å². The molecule has 0 fully saturated rings. The van der Waals surface area contributed by atoms with E-state index in [9.17, 15) is 0 Å². The summed E-state index contributed by atoms with van der Waals surface area (Å²) >= 11 is 5.05. The van der Waals surface area contributed by atoms with Gasteiger partial charge in [-0.15, -0.1) is 10.2 Å². The molecule has 0 spiro atoms. The van der Waals surface area contributed by atoms with E-state index in [1.165, 1.54) is 22.5 Å². The third-order valence-electron chi connectivity index (χ3n) is 2.36. The second-order valence-corrected chi connectivity index (χ2v) is 5.25. The van der Waals surface area contributed by atoms with Gasteiger partial charge in [0.05, 0.1) is 0 Å². The fraction of sp³-hybridized carbons (Fsp3) is 0. The quantitative estimate of drug-likeness (QED) is 0.789. The van der Waals surface area contributed by atoms with E-state index in [4.69, 9.17) is 0 Å². The van der Waals surface area contributed by atoms with Crippen molar-refractivity contribution < 1.29 is 0 Å². The predicted octanol–water partition coefficient (Wildman–Crippen LogP) is 3.27. The van der Waals surface area contributed by atoms with E-state index in [0.717, 1.165) is 9.37 Å². The minimum Gasteiger partial charge on any atom is -0.176 e. The Morgan fingerprint density at radius 3 is 2.65 bits per heavy atom. The zero-order chi connectivity index (χ0) is 11.7. The van der Waals surface area contributed by atoms with Gasteiger partial charge in [-0.05, 0) is 39.9 Å². The molecule has 0 atom stereocenters. The first-order valence-corrected chi connectivity index (χ1v) is 6.54. The summed E-state index contributed by atoms with van der Waals surface area (Å²) in [4.78, 5) is 1.12. The van der Waals surface area contributed by atoms with Gasteiger partial charge in [-0.1, -0.05) is 40.2 Å². The van der Waals surface area contributed by atoms with Crippen LogP contribution in [0.15, 0.2) is 50.9 Å². The molecular formula is C11H7BrN4S. The lowest BCUT2D eigenvalue weighted by atomic mass is 10.1. The second-order valence-electron chi connectivity index (χ2n) is 3.39. The van der Waals surface area contributed by atoms with Gasteiger partial charge in [0.1, 0.15) is 0 Å². The summed E-state index contributed by atoms with van der Waals surface area (Å²) in [6.45, 7) is 0. The van der Waals surface area contributed by atoms with Crippen LogP contribution in [0.25, 0.3) is 10.8 Å².